The number of carbonyl (C=O) groups excluding carboxylic acids is 1. The lowest BCUT2D eigenvalue weighted by Crippen LogP contribution is -2.48. The Labute approximate surface area is 119 Å². The number of aliphatic hydroxyl groups excluding tert-OH is 1. The molecule has 0 aromatic heterocycles. The van der Waals surface area contributed by atoms with E-state index in [1.165, 1.54) is 0 Å². The van der Waals surface area contributed by atoms with E-state index < -0.39 is 17.8 Å². The molecule has 20 heavy (non-hydrogen) atoms. The zero-order valence-corrected chi connectivity index (χ0v) is 11.7. The highest BCUT2D eigenvalue weighted by Crippen LogP contribution is 2.29. The lowest BCUT2D eigenvalue weighted by molar-refractivity contribution is -0.152. The SMILES string of the molecule is O=C(O)C1CC=CCC1C(=O)N1CCCCCC1CO. The van der Waals surface area contributed by atoms with Crippen LogP contribution in [0.4, 0.5) is 0 Å². The van der Waals surface area contributed by atoms with Crippen LogP contribution in [0.1, 0.15) is 38.5 Å². The lowest BCUT2D eigenvalue weighted by Gasteiger charge is -2.34. The fraction of sp³-hybridized carbons (Fsp3) is 0.733. The number of aliphatic carboxylic acids is 1. The minimum Gasteiger partial charge on any atom is -0.481 e. The van der Waals surface area contributed by atoms with Crippen molar-refractivity contribution < 1.29 is 19.8 Å². The van der Waals surface area contributed by atoms with Crippen LogP contribution in [0.25, 0.3) is 0 Å². The van der Waals surface area contributed by atoms with Crippen molar-refractivity contribution in [1.29, 1.82) is 0 Å². The van der Waals surface area contributed by atoms with Gasteiger partial charge in [-0.25, -0.2) is 0 Å². The summed E-state index contributed by atoms with van der Waals surface area (Å²) in [6.07, 6.45) is 8.47. The van der Waals surface area contributed by atoms with Crippen molar-refractivity contribution in [2.75, 3.05) is 13.2 Å². The number of nitrogens with zero attached hydrogens (tertiary/aromatic N) is 1. The average molecular weight is 281 g/mol. The molecule has 1 heterocycles. The number of carboxylic acids is 1. The molecule has 0 aromatic rings. The van der Waals surface area contributed by atoms with Crippen molar-refractivity contribution >= 4 is 11.9 Å². The van der Waals surface area contributed by atoms with E-state index >= 15 is 0 Å². The van der Waals surface area contributed by atoms with Gasteiger partial charge >= 0.3 is 5.97 Å². The fourth-order valence-electron chi connectivity index (χ4n) is 3.23. The van der Waals surface area contributed by atoms with Crippen LogP contribution in [-0.4, -0.2) is 46.2 Å². The maximum Gasteiger partial charge on any atom is 0.307 e. The second-order valence-corrected chi connectivity index (χ2v) is 5.71. The number of amides is 1. The van der Waals surface area contributed by atoms with Gasteiger partial charge in [0, 0.05) is 6.54 Å². The van der Waals surface area contributed by atoms with E-state index in [1.807, 2.05) is 12.2 Å². The Balaban J connectivity index is 2.14. The molecule has 1 saturated heterocycles. The van der Waals surface area contributed by atoms with Crippen molar-refractivity contribution in [3.63, 3.8) is 0 Å². The van der Waals surface area contributed by atoms with Crippen LogP contribution in [0.2, 0.25) is 0 Å². The molecule has 1 aliphatic carbocycles. The van der Waals surface area contributed by atoms with Crippen molar-refractivity contribution in [3.05, 3.63) is 12.2 Å². The zero-order valence-electron chi connectivity index (χ0n) is 11.7. The Kier molecular flexibility index (Phi) is 5.17. The van der Waals surface area contributed by atoms with E-state index in [4.69, 9.17) is 0 Å². The second-order valence-electron chi connectivity index (χ2n) is 5.71. The summed E-state index contributed by atoms with van der Waals surface area (Å²) >= 11 is 0. The summed E-state index contributed by atoms with van der Waals surface area (Å²) in [5, 5.41) is 18.8. The first-order chi connectivity index (χ1) is 9.65. The summed E-state index contributed by atoms with van der Waals surface area (Å²) in [6.45, 7) is 0.600. The Hall–Kier alpha value is -1.36. The second kappa shape index (κ2) is 6.88. The highest BCUT2D eigenvalue weighted by molar-refractivity contribution is 5.85. The molecule has 0 saturated carbocycles. The van der Waals surface area contributed by atoms with Gasteiger partial charge in [-0.05, 0) is 25.7 Å². The molecule has 1 amide bonds. The van der Waals surface area contributed by atoms with E-state index in [0.29, 0.717) is 19.4 Å². The lowest BCUT2D eigenvalue weighted by atomic mass is 9.82. The maximum absolute atomic E-state index is 12.7. The highest BCUT2D eigenvalue weighted by atomic mass is 16.4. The standard InChI is InChI=1S/C15H23NO4/c17-10-11-6-2-1-5-9-16(11)14(18)12-7-3-4-8-13(12)15(19)20/h3-4,11-13,17H,1-2,5-10H2,(H,19,20). The number of aliphatic hydroxyl groups is 1. The third kappa shape index (κ3) is 3.20. The van der Waals surface area contributed by atoms with Crippen molar-refractivity contribution in [2.24, 2.45) is 11.8 Å². The largest absolute Gasteiger partial charge is 0.481 e. The fourth-order valence-corrected chi connectivity index (χ4v) is 3.23. The first kappa shape index (κ1) is 15.0. The normalized spacial score (nSPS) is 30.9. The molecule has 5 heteroatoms. The van der Waals surface area contributed by atoms with Crippen molar-refractivity contribution in [2.45, 2.75) is 44.6 Å². The van der Waals surface area contributed by atoms with Crippen LogP contribution in [0.5, 0.6) is 0 Å². The predicted octanol–water partition coefficient (Wildman–Crippen LogP) is 1.42. The first-order valence-corrected chi connectivity index (χ1v) is 7.44. The number of allylic oxidation sites excluding steroid dienone is 2. The van der Waals surface area contributed by atoms with Crippen LogP contribution >= 0.6 is 0 Å². The van der Waals surface area contributed by atoms with Crippen LogP contribution in [0.3, 0.4) is 0 Å². The van der Waals surface area contributed by atoms with E-state index in [-0.39, 0.29) is 18.6 Å². The Morgan fingerprint density at radius 1 is 1.10 bits per heavy atom. The molecule has 1 aliphatic heterocycles. The quantitative estimate of drug-likeness (QED) is 0.767. The number of carbonyl (C=O) groups is 2. The van der Waals surface area contributed by atoms with Crippen LogP contribution in [0.15, 0.2) is 12.2 Å². The van der Waals surface area contributed by atoms with Gasteiger partial charge in [-0.2, -0.15) is 0 Å². The van der Waals surface area contributed by atoms with E-state index in [0.717, 1.165) is 25.7 Å². The van der Waals surface area contributed by atoms with Gasteiger partial charge in [-0.15, -0.1) is 0 Å². The smallest absolute Gasteiger partial charge is 0.307 e. The molecule has 0 bridgehead atoms. The van der Waals surface area contributed by atoms with Gasteiger partial charge in [0.15, 0.2) is 0 Å². The van der Waals surface area contributed by atoms with Gasteiger partial charge in [-0.3, -0.25) is 9.59 Å². The first-order valence-electron chi connectivity index (χ1n) is 7.44. The zero-order chi connectivity index (χ0) is 14.5. The number of hydrogen-bond acceptors (Lipinski definition) is 3. The molecular formula is C15H23NO4. The molecule has 3 unspecified atom stereocenters. The number of carboxylic acid groups (broad SMARTS) is 1. The van der Waals surface area contributed by atoms with Crippen LogP contribution < -0.4 is 0 Å². The van der Waals surface area contributed by atoms with E-state index in [2.05, 4.69) is 0 Å². The molecule has 0 spiro atoms. The Bertz CT molecular complexity index is 393. The van der Waals surface area contributed by atoms with Crippen LogP contribution in [0, 0.1) is 11.8 Å². The molecule has 2 aliphatic rings. The van der Waals surface area contributed by atoms with Gasteiger partial charge < -0.3 is 15.1 Å². The summed E-state index contributed by atoms with van der Waals surface area (Å²) in [7, 11) is 0. The molecule has 5 nitrogen and oxygen atoms in total. The van der Waals surface area contributed by atoms with Gasteiger partial charge in [-0.1, -0.05) is 25.0 Å². The minimum atomic E-state index is -0.900. The van der Waals surface area contributed by atoms with Gasteiger partial charge in [0.25, 0.3) is 0 Å². The Morgan fingerprint density at radius 2 is 1.80 bits per heavy atom. The average Bonchev–Trinajstić information content (AvgIpc) is 2.71. The molecule has 3 atom stereocenters. The third-order valence-corrected chi connectivity index (χ3v) is 4.44. The molecule has 2 N–H and O–H groups in total. The summed E-state index contributed by atoms with van der Waals surface area (Å²) < 4.78 is 0. The number of rotatable bonds is 3. The van der Waals surface area contributed by atoms with Gasteiger partial charge in [0.1, 0.15) is 0 Å². The maximum atomic E-state index is 12.7. The number of hydrogen-bond donors (Lipinski definition) is 2. The summed E-state index contributed by atoms with van der Waals surface area (Å²) in [5.41, 5.74) is 0. The highest BCUT2D eigenvalue weighted by Gasteiger charge is 2.38. The van der Waals surface area contributed by atoms with E-state index in [9.17, 15) is 19.8 Å². The monoisotopic (exact) mass is 281 g/mol. The molecule has 112 valence electrons. The summed E-state index contributed by atoms with van der Waals surface area (Å²) in [4.78, 5) is 25.8. The molecule has 1 fully saturated rings. The summed E-state index contributed by atoms with van der Waals surface area (Å²) in [6, 6.07) is -0.148. The van der Waals surface area contributed by atoms with Crippen molar-refractivity contribution in [1.82, 2.24) is 4.90 Å². The topological polar surface area (TPSA) is 77.8 Å². The molecule has 2 rings (SSSR count). The minimum absolute atomic E-state index is 0.0357. The summed E-state index contributed by atoms with van der Waals surface area (Å²) in [5.74, 6) is -2.11. The number of likely N-dealkylation sites (tertiary alicyclic amines) is 1. The van der Waals surface area contributed by atoms with Crippen LogP contribution in [-0.2, 0) is 9.59 Å². The third-order valence-electron chi connectivity index (χ3n) is 4.44. The van der Waals surface area contributed by atoms with Crippen molar-refractivity contribution in [3.8, 4) is 0 Å². The van der Waals surface area contributed by atoms with Gasteiger partial charge in [0.05, 0.1) is 24.5 Å². The Morgan fingerprint density at radius 3 is 2.45 bits per heavy atom. The molecule has 0 radical (unpaired) electrons. The van der Waals surface area contributed by atoms with E-state index in [1.54, 1.807) is 4.90 Å². The van der Waals surface area contributed by atoms with Gasteiger partial charge in [0.2, 0.25) is 5.91 Å². The predicted molar refractivity (Wildman–Crippen MR) is 74.0 cm³/mol. The molecular weight excluding hydrogens is 258 g/mol. The molecule has 0 aromatic carbocycles.